The van der Waals surface area contributed by atoms with Crippen molar-refractivity contribution in [3.05, 3.63) is 127 Å². The van der Waals surface area contributed by atoms with Crippen LogP contribution in [-0.2, 0) is 41.6 Å². The van der Waals surface area contributed by atoms with Crippen LogP contribution >= 0.6 is 11.3 Å². The summed E-state index contributed by atoms with van der Waals surface area (Å²) in [7, 11) is 0. The number of carbonyl (C=O) groups excluding carboxylic acids is 4. The van der Waals surface area contributed by atoms with Crippen LogP contribution in [0.1, 0.15) is 116 Å². The Morgan fingerprint density at radius 3 is 2.29 bits per heavy atom. The van der Waals surface area contributed by atoms with Gasteiger partial charge in [-0.15, -0.1) is 11.3 Å². The van der Waals surface area contributed by atoms with Gasteiger partial charge >= 0.3 is 0 Å². The number of pyridine rings is 1. The second-order valence-corrected chi connectivity index (χ2v) is 22.1. The number of amides is 4. The van der Waals surface area contributed by atoms with Crippen molar-refractivity contribution in [2.45, 2.75) is 131 Å². The van der Waals surface area contributed by atoms with E-state index in [2.05, 4.69) is 68.9 Å². The molecule has 4 atom stereocenters. The largest absolute Gasteiger partial charge is 0.391 e. The molecule has 4 heterocycles. The van der Waals surface area contributed by atoms with Crippen LogP contribution in [0, 0.1) is 33.1 Å². The normalized spacial score (nSPS) is 16.8. The number of anilines is 1. The van der Waals surface area contributed by atoms with Gasteiger partial charge in [0.2, 0.25) is 17.7 Å². The summed E-state index contributed by atoms with van der Waals surface area (Å²) in [5.74, 6) is -1.62. The lowest BCUT2D eigenvalue weighted by Crippen LogP contribution is -2.58. The molecule has 7 rings (SSSR count). The average Bonchev–Trinajstić information content (AvgIpc) is 4.02. The van der Waals surface area contributed by atoms with E-state index in [-0.39, 0.29) is 62.7 Å². The van der Waals surface area contributed by atoms with Crippen LogP contribution < -0.4 is 26.4 Å². The molecule has 0 radical (unpaired) electrons. The zero-order valence-corrected chi connectivity index (χ0v) is 46.5. The second-order valence-electron chi connectivity index (χ2n) is 21.3. The minimum absolute atomic E-state index is 0.0378. The molecule has 5 aromatic rings. The van der Waals surface area contributed by atoms with Crippen molar-refractivity contribution in [2.24, 2.45) is 5.41 Å². The highest BCUT2D eigenvalue weighted by atomic mass is 32.1. The van der Waals surface area contributed by atoms with Crippen molar-refractivity contribution >= 4 is 40.7 Å². The first kappa shape index (κ1) is 57.5. The lowest BCUT2D eigenvalue weighted by molar-refractivity contribution is -0.144. The van der Waals surface area contributed by atoms with Gasteiger partial charge in [0.25, 0.3) is 11.5 Å². The van der Waals surface area contributed by atoms with Crippen molar-refractivity contribution in [1.29, 1.82) is 0 Å². The smallest absolute Gasteiger partial charge is 0.253 e. The van der Waals surface area contributed by atoms with E-state index in [1.54, 1.807) is 11.3 Å². The number of aromatic amines is 1. The number of aliphatic hydroxyl groups excluding tert-OH is 1. The van der Waals surface area contributed by atoms with Crippen LogP contribution in [0.3, 0.4) is 0 Å². The maximum atomic E-state index is 14.2. The van der Waals surface area contributed by atoms with E-state index in [1.165, 1.54) is 16.2 Å². The molecule has 2 aliphatic heterocycles. The number of ether oxygens (including phenoxy) is 3. The Morgan fingerprint density at radius 1 is 0.908 bits per heavy atom. The predicted octanol–water partition coefficient (Wildman–Crippen LogP) is 7.67. The van der Waals surface area contributed by atoms with Crippen molar-refractivity contribution in [1.82, 2.24) is 30.8 Å². The fourth-order valence-corrected chi connectivity index (χ4v) is 11.1. The lowest BCUT2D eigenvalue weighted by atomic mass is 9.85. The van der Waals surface area contributed by atoms with Gasteiger partial charge in [0.05, 0.1) is 41.4 Å². The van der Waals surface area contributed by atoms with Gasteiger partial charge in [-0.1, -0.05) is 69.3 Å². The summed E-state index contributed by atoms with van der Waals surface area (Å²) in [6.45, 7) is 20.1. The minimum atomic E-state index is -1.00. The third kappa shape index (κ3) is 14.6. The second kappa shape index (κ2) is 26.2. The van der Waals surface area contributed by atoms with E-state index in [0.717, 1.165) is 82.2 Å². The van der Waals surface area contributed by atoms with Gasteiger partial charge in [0.15, 0.2) is 0 Å². The predicted molar refractivity (Wildman–Crippen MR) is 297 cm³/mol. The first-order chi connectivity index (χ1) is 36.3. The summed E-state index contributed by atoms with van der Waals surface area (Å²) in [6, 6.07) is 20.3. The van der Waals surface area contributed by atoms with Gasteiger partial charge in [-0.2, -0.15) is 0 Å². The van der Waals surface area contributed by atoms with Crippen LogP contribution in [0.25, 0.3) is 21.6 Å². The van der Waals surface area contributed by atoms with Gasteiger partial charge in [-0.3, -0.25) is 24.0 Å². The Bertz CT molecular complexity index is 2870. The van der Waals surface area contributed by atoms with E-state index in [4.69, 9.17) is 14.2 Å². The molecular weight excluding hydrogens is 983 g/mol. The molecule has 5 N–H and O–H groups in total. The molecular formula is C59H77N7O9S. The topological polar surface area (TPSA) is 205 Å². The fourth-order valence-electron chi connectivity index (χ4n) is 10.2. The molecule has 2 aromatic heterocycles. The van der Waals surface area contributed by atoms with E-state index in [1.807, 2.05) is 96.4 Å². The SMILES string of the molecule is CCN(c1cc(-c2ccc(CCCOCCOCC(=O)NC(C(=O)N3C[C@H](O)C[C@H]3C(=O)N[C@@H](C)c3ccc(-c4scnc4C)cc3)C(C)(C)C)c(C(=O)NCc3c(C)cc(C)[nH]c3=O)c2)ccc1C)C1CCOCC1. The standard InChI is InChI=1S/C59H77N7O9S/c1-10-65(46-21-24-74-25-22-46)50-30-45(14-13-36(50)2)44-20-17-42(48(29-44)55(69)60-32-49-37(3)28-38(4)62-56(49)70)12-11-23-73-26-27-75-34-52(68)64-54(59(7,8)9)58(72)66-33-47(67)31-51(66)57(71)63-39(5)41-15-18-43(19-16-41)53-40(6)61-35-76-53/h13-20,28-30,35,39,46-47,51,54,67H,10-12,21-27,31-34H2,1-9H3,(H,60,69)(H,62,70)(H,63,71)(H,64,68)/t39-,47+,51-,54?/m0/s1. The van der Waals surface area contributed by atoms with Crippen LogP contribution in [-0.4, -0.2) is 121 Å². The Balaban J connectivity index is 0.914. The Labute approximate surface area is 451 Å². The van der Waals surface area contributed by atoms with Crippen LogP contribution in [0.5, 0.6) is 0 Å². The monoisotopic (exact) mass is 1060 g/mol. The highest BCUT2D eigenvalue weighted by molar-refractivity contribution is 7.13. The third-order valence-corrected chi connectivity index (χ3v) is 15.5. The molecule has 17 heteroatoms. The molecule has 1 unspecified atom stereocenters. The van der Waals surface area contributed by atoms with E-state index >= 15 is 0 Å². The number of nitrogens with one attached hydrogen (secondary N) is 4. The number of aryl methyl sites for hydroxylation is 5. The minimum Gasteiger partial charge on any atom is -0.391 e. The summed E-state index contributed by atoms with van der Waals surface area (Å²) < 4.78 is 17.3. The number of likely N-dealkylation sites (tertiary alicyclic amines) is 1. The first-order valence-corrected chi connectivity index (χ1v) is 27.5. The molecule has 2 aliphatic rings. The van der Waals surface area contributed by atoms with Gasteiger partial charge < -0.3 is 50.1 Å². The Kier molecular flexibility index (Phi) is 19.8. The van der Waals surface area contributed by atoms with Gasteiger partial charge in [0.1, 0.15) is 18.7 Å². The number of aliphatic hydroxyl groups is 1. The number of hydrogen-bond donors (Lipinski definition) is 5. The van der Waals surface area contributed by atoms with Gasteiger partial charge in [0, 0.05) is 74.4 Å². The number of aromatic nitrogens is 2. The summed E-state index contributed by atoms with van der Waals surface area (Å²) in [5, 5.41) is 19.6. The molecule has 0 bridgehead atoms. The van der Waals surface area contributed by atoms with E-state index in [0.29, 0.717) is 36.6 Å². The Morgan fingerprint density at radius 2 is 1.61 bits per heavy atom. The number of β-amino-alcohol motifs (C(OH)–C–C–N with tert-alkyl or cyclic N) is 1. The van der Waals surface area contributed by atoms with Crippen molar-refractivity contribution < 1.29 is 38.5 Å². The number of H-pyrrole nitrogens is 1. The third-order valence-electron chi connectivity index (χ3n) is 14.5. The zero-order chi connectivity index (χ0) is 54.7. The summed E-state index contributed by atoms with van der Waals surface area (Å²) in [5.41, 5.74) is 11.4. The highest BCUT2D eigenvalue weighted by Crippen LogP contribution is 2.34. The first-order valence-electron chi connectivity index (χ1n) is 26.6. The van der Waals surface area contributed by atoms with Crippen LogP contribution in [0.15, 0.2) is 77.0 Å². The summed E-state index contributed by atoms with van der Waals surface area (Å²) >= 11 is 1.57. The summed E-state index contributed by atoms with van der Waals surface area (Å²) in [6.07, 6.45) is 2.26. The van der Waals surface area contributed by atoms with Crippen molar-refractivity contribution in [2.75, 3.05) is 57.6 Å². The highest BCUT2D eigenvalue weighted by Gasteiger charge is 2.45. The number of hydrogen-bond acceptors (Lipinski definition) is 12. The number of rotatable bonds is 22. The van der Waals surface area contributed by atoms with Crippen LogP contribution in [0.4, 0.5) is 5.69 Å². The van der Waals surface area contributed by atoms with Crippen LogP contribution in [0.2, 0.25) is 0 Å². The molecule has 0 aliphatic carbocycles. The molecule has 3 aromatic carbocycles. The number of nitrogens with zero attached hydrogens (tertiary/aromatic N) is 3. The number of carbonyl (C=O) groups is 4. The van der Waals surface area contributed by atoms with Gasteiger partial charge in [-0.25, -0.2) is 4.98 Å². The van der Waals surface area contributed by atoms with Crippen molar-refractivity contribution in [3.8, 4) is 21.6 Å². The molecule has 2 fully saturated rings. The lowest BCUT2D eigenvalue weighted by Gasteiger charge is -2.36. The van der Waals surface area contributed by atoms with E-state index < -0.39 is 35.4 Å². The number of benzene rings is 3. The quantitative estimate of drug-likeness (QED) is 0.0426. The van der Waals surface area contributed by atoms with E-state index in [9.17, 15) is 29.1 Å². The molecule has 2 saturated heterocycles. The zero-order valence-electron chi connectivity index (χ0n) is 45.7. The average molecular weight is 1060 g/mol. The number of thiazole rings is 1. The summed E-state index contributed by atoms with van der Waals surface area (Å²) in [4.78, 5) is 80.3. The molecule has 76 heavy (non-hydrogen) atoms. The molecule has 0 saturated carbocycles. The molecule has 4 amide bonds. The van der Waals surface area contributed by atoms with Gasteiger partial charge in [-0.05, 0) is 130 Å². The fraction of sp³-hybridized carbons (Fsp3) is 0.492. The Hall–Kier alpha value is -6.24. The maximum Gasteiger partial charge on any atom is 0.253 e. The molecule has 0 spiro atoms. The maximum absolute atomic E-state index is 14.2. The molecule has 16 nitrogen and oxygen atoms in total. The molecule has 408 valence electrons. The van der Waals surface area contributed by atoms with Crippen molar-refractivity contribution in [3.63, 3.8) is 0 Å².